The lowest BCUT2D eigenvalue weighted by Gasteiger charge is -2.45. The van der Waals surface area contributed by atoms with Gasteiger partial charge in [-0.25, -0.2) is 0 Å². The Bertz CT molecular complexity index is 879. The molecule has 0 fully saturated rings. The molecule has 0 saturated heterocycles. The van der Waals surface area contributed by atoms with Crippen molar-refractivity contribution in [1.82, 2.24) is 4.90 Å². The summed E-state index contributed by atoms with van der Waals surface area (Å²) in [5.41, 5.74) is 5.36. The SMILES string of the molecule is COc1cc2c(cc1OC)[C@@H]1[C@@H](C)c3ccc4c(c3CN1CC2)OCO4. The number of hydrogen-bond acceptors (Lipinski definition) is 5. The highest BCUT2D eigenvalue weighted by Gasteiger charge is 2.40. The van der Waals surface area contributed by atoms with Gasteiger partial charge in [0.05, 0.1) is 14.2 Å². The van der Waals surface area contributed by atoms with Crippen molar-refractivity contribution in [2.45, 2.75) is 31.8 Å². The fraction of sp³-hybridized carbons (Fsp3) is 0.429. The summed E-state index contributed by atoms with van der Waals surface area (Å²) >= 11 is 0. The third kappa shape index (κ3) is 2.13. The van der Waals surface area contributed by atoms with Crippen molar-refractivity contribution in [3.8, 4) is 23.0 Å². The molecule has 0 unspecified atom stereocenters. The number of rotatable bonds is 2. The average molecular weight is 353 g/mol. The first-order chi connectivity index (χ1) is 12.7. The molecule has 0 bridgehead atoms. The van der Waals surface area contributed by atoms with Crippen LogP contribution in [-0.2, 0) is 13.0 Å². The second kappa shape index (κ2) is 5.81. The van der Waals surface area contributed by atoms with Crippen molar-refractivity contribution in [3.05, 3.63) is 46.5 Å². The van der Waals surface area contributed by atoms with Gasteiger partial charge in [0.25, 0.3) is 0 Å². The summed E-state index contributed by atoms with van der Waals surface area (Å²) in [6.45, 7) is 4.55. The molecular formula is C21H23NO4. The van der Waals surface area contributed by atoms with Crippen molar-refractivity contribution in [1.29, 1.82) is 0 Å². The Kier molecular flexibility index (Phi) is 3.54. The molecule has 0 saturated carbocycles. The molecule has 26 heavy (non-hydrogen) atoms. The maximum atomic E-state index is 5.78. The van der Waals surface area contributed by atoms with Gasteiger partial charge >= 0.3 is 0 Å². The number of benzene rings is 2. The van der Waals surface area contributed by atoms with Gasteiger partial charge in [-0.3, -0.25) is 4.90 Å². The summed E-state index contributed by atoms with van der Waals surface area (Å²) in [5.74, 6) is 3.79. The van der Waals surface area contributed by atoms with Crippen LogP contribution >= 0.6 is 0 Å². The van der Waals surface area contributed by atoms with Crippen LogP contribution in [-0.4, -0.2) is 32.5 Å². The van der Waals surface area contributed by atoms with E-state index in [1.54, 1.807) is 14.2 Å². The maximum absolute atomic E-state index is 5.78. The molecule has 5 heteroatoms. The molecule has 2 aromatic rings. The second-order valence-corrected chi connectivity index (χ2v) is 7.23. The Morgan fingerprint density at radius 1 is 1.04 bits per heavy atom. The largest absolute Gasteiger partial charge is 0.493 e. The Hall–Kier alpha value is -2.40. The monoisotopic (exact) mass is 353 g/mol. The predicted molar refractivity (Wildman–Crippen MR) is 97.4 cm³/mol. The smallest absolute Gasteiger partial charge is 0.231 e. The summed E-state index contributed by atoms with van der Waals surface area (Å²) < 4.78 is 22.4. The number of fused-ring (bicyclic) bond motifs is 6. The molecule has 2 atom stereocenters. The second-order valence-electron chi connectivity index (χ2n) is 7.23. The summed E-state index contributed by atoms with van der Waals surface area (Å²) in [7, 11) is 3.40. The molecule has 5 nitrogen and oxygen atoms in total. The highest BCUT2D eigenvalue weighted by molar-refractivity contribution is 5.56. The zero-order chi connectivity index (χ0) is 17.8. The topological polar surface area (TPSA) is 40.2 Å². The zero-order valence-electron chi connectivity index (χ0n) is 15.4. The number of ether oxygens (including phenoxy) is 4. The van der Waals surface area contributed by atoms with E-state index in [4.69, 9.17) is 18.9 Å². The van der Waals surface area contributed by atoms with Crippen LogP contribution in [0.1, 0.15) is 41.1 Å². The molecule has 136 valence electrons. The summed E-state index contributed by atoms with van der Waals surface area (Å²) in [6, 6.07) is 8.91. The molecule has 3 aliphatic rings. The summed E-state index contributed by atoms with van der Waals surface area (Å²) in [5, 5.41) is 0. The first kappa shape index (κ1) is 15.8. The molecule has 0 amide bonds. The van der Waals surface area contributed by atoms with Crippen molar-refractivity contribution in [2.75, 3.05) is 27.6 Å². The summed E-state index contributed by atoms with van der Waals surface area (Å²) in [4.78, 5) is 2.56. The Balaban J connectivity index is 1.62. The molecule has 0 N–H and O–H groups in total. The third-order valence-electron chi connectivity index (χ3n) is 6.03. The summed E-state index contributed by atoms with van der Waals surface area (Å²) in [6.07, 6.45) is 1.01. The molecule has 0 aliphatic carbocycles. The minimum absolute atomic E-state index is 0.323. The Morgan fingerprint density at radius 2 is 1.85 bits per heavy atom. The van der Waals surface area contributed by atoms with Crippen LogP contribution in [0, 0.1) is 0 Å². The average Bonchev–Trinajstić information content (AvgIpc) is 3.15. The van der Waals surface area contributed by atoms with Crippen molar-refractivity contribution in [3.63, 3.8) is 0 Å². The van der Waals surface area contributed by atoms with Crippen LogP contribution in [0.3, 0.4) is 0 Å². The van der Waals surface area contributed by atoms with E-state index in [-0.39, 0.29) is 0 Å². The zero-order valence-corrected chi connectivity index (χ0v) is 15.4. The first-order valence-corrected chi connectivity index (χ1v) is 9.11. The van der Waals surface area contributed by atoms with Gasteiger partial charge in [-0.1, -0.05) is 13.0 Å². The molecule has 0 radical (unpaired) electrons. The normalized spacial score (nSPS) is 23.0. The van der Waals surface area contributed by atoms with E-state index in [0.717, 1.165) is 42.5 Å². The Morgan fingerprint density at radius 3 is 2.65 bits per heavy atom. The molecule has 5 rings (SSSR count). The van der Waals surface area contributed by atoms with Gasteiger partial charge in [0.2, 0.25) is 6.79 Å². The van der Waals surface area contributed by atoms with Gasteiger partial charge in [-0.05, 0) is 41.3 Å². The van der Waals surface area contributed by atoms with Crippen molar-refractivity contribution < 1.29 is 18.9 Å². The first-order valence-electron chi connectivity index (χ1n) is 9.11. The van der Waals surface area contributed by atoms with E-state index in [1.165, 1.54) is 22.3 Å². The fourth-order valence-corrected chi connectivity index (χ4v) is 4.80. The van der Waals surface area contributed by atoms with Gasteiger partial charge < -0.3 is 18.9 Å². The van der Waals surface area contributed by atoms with E-state index in [9.17, 15) is 0 Å². The van der Waals surface area contributed by atoms with E-state index < -0.39 is 0 Å². The molecular weight excluding hydrogens is 330 g/mol. The number of hydrogen-bond donors (Lipinski definition) is 0. The molecule has 0 aromatic heterocycles. The molecule has 3 aliphatic heterocycles. The van der Waals surface area contributed by atoms with Gasteiger partial charge in [0.1, 0.15) is 0 Å². The van der Waals surface area contributed by atoms with Gasteiger partial charge in [0, 0.05) is 30.6 Å². The van der Waals surface area contributed by atoms with Gasteiger partial charge in [-0.2, -0.15) is 0 Å². The lowest BCUT2D eigenvalue weighted by atomic mass is 9.77. The number of nitrogens with zero attached hydrogens (tertiary/aromatic N) is 1. The van der Waals surface area contributed by atoms with Gasteiger partial charge in [-0.15, -0.1) is 0 Å². The minimum Gasteiger partial charge on any atom is -0.493 e. The molecule has 0 spiro atoms. The Labute approximate surface area is 153 Å². The quantitative estimate of drug-likeness (QED) is 0.824. The highest BCUT2D eigenvalue weighted by Crippen LogP contribution is 2.51. The van der Waals surface area contributed by atoms with E-state index in [2.05, 4.69) is 30.0 Å². The van der Waals surface area contributed by atoms with Crippen molar-refractivity contribution >= 4 is 0 Å². The van der Waals surface area contributed by atoms with E-state index >= 15 is 0 Å². The van der Waals surface area contributed by atoms with Crippen LogP contribution in [0.25, 0.3) is 0 Å². The van der Waals surface area contributed by atoms with Crippen LogP contribution in [0.15, 0.2) is 24.3 Å². The van der Waals surface area contributed by atoms with E-state index in [1.807, 2.05) is 6.07 Å². The van der Waals surface area contributed by atoms with Crippen molar-refractivity contribution in [2.24, 2.45) is 0 Å². The number of methoxy groups -OCH3 is 2. The van der Waals surface area contributed by atoms with Crippen LogP contribution in [0.5, 0.6) is 23.0 Å². The van der Waals surface area contributed by atoms with Crippen LogP contribution < -0.4 is 18.9 Å². The predicted octanol–water partition coefficient (Wildman–Crippen LogP) is 3.65. The lowest BCUT2D eigenvalue weighted by molar-refractivity contribution is 0.133. The van der Waals surface area contributed by atoms with Crippen LogP contribution in [0.2, 0.25) is 0 Å². The highest BCUT2D eigenvalue weighted by atomic mass is 16.7. The molecule has 2 aromatic carbocycles. The maximum Gasteiger partial charge on any atom is 0.231 e. The standard InChI is InChI=1S/C21H23NO4/c1-12-14-4-5-17-21(26-11-25-17)16(14)10-22-7-6-13-8-18(23-2)19(24-3)9-15(13)20(12)22/h4-5,8-9,12,20H,6-7,10-11H2,1-3H3/t12-,20-/m0/s1. The fourth-order valence-electron chi connectivity index (χ4n) is 4.80. The molecule has 3 heterocycles. The van der Waals surface area contributed by atoms with Crippen LogP contribution in [0.4, 0.5) is 0 Å². The minimum atomic E-state index is 0.323. The lowest BCUT2D eigenvalue weighted by Crippen LogP contribution is -2.41. The third-order valence-corrected chi connectivity index (χ3v) is 6.03. The van der Waals surface area contributed by atoms with E-state index in [0.29, 0.717) is 18.8 Å². The van der Waals surface area contributed by atoms with Gasteiger partial charge in [0.15, 0.2) is 23.0 Å².